The average molecular weight is 456 g/mol. The second kappa shape index (κ2) is 8.40. The van der Waals surface area contributed by atoms with Gasteiger partial charge in [-0.2, -0.15) is 18.4 Å². The number of benzene rings is 2. The maximum absolute atomic E-state index is 13.3. The van der Waals surface area contributed by atoms with Crippen molar-refractivity contribution in [2.45, 2.75) is 36.3 Å². The number of nitriles is 1. The zero-order valence-electron chi connectivity index (χ0n) is 17.2. The van der Waals surface area contributed by atoms with Gasteiger partial charge in [-0.25, -0.2) is 0 Å². The van der Waals surface area contributed by atoms with Gasteiger partial charge < -0.3 is 5.73 Å². The largest absolute Gasteiger partial charge is 0.416 e. The summed E-state index contributed by atoms with van der Waals surface area (Å²) in [5.74, 6) is -0.692. The molecule has 0 aromatic heterocycles. The third kappa shape index (κ3) is 3.78. The van der Waals surface area contributed by atoms with E-state index in [1.807, 2.05) is 30.5 Å². The molecule has 8 heteroatoms. The highest BCUT2D eigenvalue weighted by Crippen LogP contribution is 2.47. The van der Waals surface area contributed by atoms with Crippen LogP contribution in [0.15, 0.2) is 76.1 Å². The molecule has 1 unspecified atom stereocenters. The molecule has 1 aliphatic heterocycles. The van der Waals surface area contributed by atoms with E-state index in [2.05, 4.69) is 6.07 Å². The number of allylic oxidation sites excluding steroid dienone is 3. The van der Waals surface area contributed by atoms with Crippen LogP contribution in [0.2, 0.25) is 0 Å². The molecule has 2 aliphatic rings. The first-order valence-electron chi connectivity index (χ1n) is 10.0. The van der Waals surface area contributed by atoms with Gasteiger partial charge in [0.25, 0.3) is 0 Å². The Labute approximate surface area is 188 Å². The van der Waals surface area contributed by atoms with E-state index in [-0.39, 0.29) is 22.9 Å². The van der Waals surface area contributed by atoms with Crippen molar-refractivity contribution in [3.05, 3.63) is 82.3 Å². The quantitative estimate of drug-likeness (QED) is 0.599. The van der Waals surface area contributed by atoms with Crippen molar-refractivity contribution in [3.8, 4) is 6.07 Å². The minimum Gasteiger partial charge on any atom is -0.384 e. The molecule has 0 bridgehead atoms. The van der Waals surface area contributed by atoms with Crippen LogP contribution in [-0.2, 0) is 11.0 Å². The van der Waals surface area contributed by atoms with Crippen molar-refractivity contribution in [2.24, 2.45) is 5.73 Å². The van der Waals surface area contributed by atoms with E-state index in [0.29, 0.717) is 30.5 Å². The summed E-state index contributed by atoms with van der Waals surface area (Å²) in [6.45, 7) is 0. The lowest BCUT2D eigenvalue weighted by Gasteiger charge is -2.39. The fraction of sp³-hybridized carbons (Fsp3) is 0.250. The van der Waals surface area contributed by atoms with Crippen LogP contribution in [0.1, 0.15) is 36.3 Å². The van der Waals surface area contributed by atoms with Crippen molar-refractivity contribution in [1.29, 1.82) is 5.26 Å². The number of thioether (sulfide) groups is 1. The molecule has 0 saturated heterocycles. The smallest absolute Gasteiger partial charge is 0.384 e. The summed E-state index contributed by atoms with van der Waals surface area (Å²) in [5, 5.41) is 9.99. The third-order valence-corrected chi connectivity index (χ3v) is 6.54. The minimum atomic E-state index is -4.52. The van der Waals surface area contributed by atoms with Gasteiger partial charge in [0, 0.05) is 28.3 Å². The molecule has 0 amide bonds. The summed E-state index contributed by atoms with van der Waals surface area (Å²) in [7, 11) is 0. The Morgan fingerprint density at radius 3 is 2.50 bits per heavy atom. The number of rotatable bonds is 3. The fourth-order valence-electron chi connectivity index (χ4n) is 4.33. The molecule has 0 spiro atoms. The number of halogens is 3. The Bertz CT molecular complexity index is 1180. The van der Waals surface area contributed by atoms with Crippen molar-refractivity contribution in [3.63, 3.8) is 0 Å². The molecule has 1 atom stereocenters. The van der Waals surface area contributed by atoms with Crippen LogP contribution in [0, 0.1) is 11.3 Å². The van der Waals surface area contributed by atoms with Crippen LogP contribution in [0.25, 0.3) is 0 Å². The second-order valence-electron chi connectivity index (χ2n) is 7.64. The van der Waals surface area contributed by atoms with Gasteiger partial charge in [0.15, 0.2) is 5.78 Å². The molecule has 2 aromatic rings. The minimum absolute atomic E-state index is 0.0548. The Balaban J connectivity index is 1.92. The summed E-state index contributed by atoms with van der Waals surface area (Å²) in [6.07, 6.45) is -1.19. The van der Waals surface area contributed by atoms with Crippen LogP contribution in [0.5, 0.6) is 0 Å². The SMILES string of the molecule is CSc1ccc(C2C(C#N)=C(N)N(c3cccc(C(F)(F)F)c3)C3=C2C(=O)CCC3)cc1. The van der Waals surface area contributed by atoms with Crippen molar-refractivity contribution < 1.29 is 18.0 Å². The van der Waals surface area contributed by atoms with Crippen LogP contribution < -0.4 is 10.6 Å². The number of carbonyl (C=O) groups excluding carboxylic acids is 1. The first-order chi connectivity index (χ1) is 15.3. The van der Waals surface area contributed by atoms with E-state index in [0.717, 1.165) is 22.6 Å². The first-order valence-corrected chi connectivity index (χ1v) is 11.3. The highest BCUT2D eigenvalue weighted by Gasteiger charge is 2.41. The summed E-state index contributed by atoms with van der Waals surface area (Å²) in [5.41, 5.74) is 7.70. The van der Waals surface area contributed by atoms with Crippen LogP contribution in [0.4, 0.5) is 18.9 Å². The average Bonchev–Trinajstić information content (AvgIpc) is 2.78. The molecule has 0 fully saturated rings. The number of anilines is 1. The van der Waals surface area contributed by atoms with E-state index < -0.39 is 17.7 Å². The van der Waals surface area contributed by atoms with Gasteiger partial charge in [-0.05, 0) is 55.0 Å². The molecule has 1 heterocycles. The van der Waals surface area contributed by atoms with E-state index in [1.54, 1.807) is 11.8 Å². The van der Waals surface area contributed by atoms with Gasteiger partial charge in [0.1, 0.15) is 5.82 Å². The number of Topliss-reactive ketones (excluding diaryl/α,β-unsaturated/α-hetero) is 1. The Morgan fingerprint density at radius 2 is 1.88 bits per heavy atom. The number of hydrogen-bond donors (Lipinski definition) is 1. The van der Waals surface area contributed by atoms with E-state index in [9.17, 15) is 23.2 Å². The zero-order valence-corrected chi connectivity index (χ0v) is 18.1. The lowest BCUT2D eigenvalue weighted by molar-refractivity contribution is -0.137. The molecule has 4 rings (SSSR count). The van der Waals surface area contributed by atoms with Gasteiger partial charge >= 0.3 is 6.18 Å². The topological polar surface area (TPSA) is 70.1 Å². The predicted octanol–water partition coefficient (Wildman–Crippen LogP) is 5.73. The molecule has 4 nitrogen and oxygen atoms in total. The molecule has 2 aromatic carbocycles. The van der Waals surface area contributed by atoms with Crippen LogP contribution in [0.3, 0.4) is 0 Å². The van der Waals surface area contributed by atoms with Crippen molar-refractivity contribution in [1.82, 2.24) is 0 Å². The van der Waals surface area contributed by atoms with Crippen molar-refractivity contribution in [2.75, 3.05) is 11.2 Å². The number of nitrogens with two attached hydrogens (primary N) is 1. The Kier molecular flexibility index (Phi) is 5.78. The van der Waals surface area contributed by atoms with Gasteiger partial charge in [-0.1, -0.05) is 18.2 Å². The summed E-state index contributed by atoms with van der Waals surface area (Å²) in [6, 6.07) is 14.5. The molecule has 0 radical (unpaired) electrons. The molecule has 164 valence electrons. The van der Waals surface area contributed by atoms with Crippen LogP contribution >= 0.6 is 11.8 Å². The Morgan fingerprint density at radius 1 is 1.16 bits per heavy atom. The standard InChI is InChI=1S/C24H20F3N3OS/c1-32-17-10-8-14(9-11-17)21-18(13-28)23(29)30(19-6-3-7-20(31)22(19)21)16-5-2-4-15(12-16)24(25,26)27/h2,4-5,8-12,21H,3,6-7,29H2,1H3. The molecule has 1 aliphatic carbocycles. The first kappa shape index (κ1) is 22.0. The maximum Gasteiger partial charge on any atom is 0.416 e. The summed E-state index contributed by atoms with van der Waals surface area (Å²) >= 11 is 1.57. The third-order valence-electron chi connectivity index (χ3n) is 5.79. The normalized spacial score (nSPS) is 19.2. The zero-order chi connectivity index (χ0) is 23.0. The number of hydrogen-bond acceptors (Lipinski definition) is 5. The van der Waals surface area contributed by atoms with E-state index >= 15 is 0 Å². The number of ketones is 1. The maximum atomic E-state index is 13.3. The summed E-state index contributed by atoms with van der Waals surface area (Å²) < 4.78 is 40.0. The van der Waals surface area contributed by atoms with Crippen LogP contribution in [-0.4, -0.2) is 12.0 Å². The highest BCUT2D eigenvalue weighted by molar-refractivity contribution is 7.98. The summed E-state index contributed by atoms with van der Waals surface area (Å²) in [4.78, 5) is 15.6. The lowest BCUT2D eigenvalue weighted by atomic mass is 9.75. The van der Waals surface area contributed by atoms with E-state index in [4.69, 9.17) is 5.73 Å². The molecule has 0 saturated carbocycles. The predicted molar refractivity (Wildman–Crippen MR) is 118 cm³/mol. The number of alkyl halides is 3. The van der Waals surface area contributed by atoms with Gasteiger partial charge in [-0.15, -0.1) is 11.8 Å². The van der Waals surface area contributed by atoms with Gasteiger partial charge in [-0.3, -0.25) is 9.69 Å². The van der Waals surface area contributed by atoms with Crippen molar-refractivity contribution >= 4 is 23.2 Å². The monoisotopic (exact) mass is 455 g/mol. The lowest BCUT2D eigenvalue weighted by Crippen LogP contribution is -2.38. The number of nitrogens with zero attached hydrogens (tertiary/aromatic N) is 2. The van der Waals surface area contributed by atoms with E-state index in [1.165, 1.54) is 17.0 Å². The second-order valence-corrected chi connectivity index (χ2v) is 8.52. The number of carbonyl (C=O) groups is 1. The highest BCUT2D eigenvalue weighted by atomic mass is 32.2. The fourth-order valence-corrected chi connectivity index (χ4v) is 4.74. The molecular weight excluding hydrogens is 435 g/mol. The molecule has 32 heavy (non-hydrogen) atoms. The van der Waals surface area contributed by atoms with Gasteiger partial charge in [0.05, 0.1) is 23.1 Å². The Hall–Kier alpha value is -3.18. The van der Waals surface area contributed by atoms with Gasteiger partial charge in [0.2, 0.25) is 0 Å². The molecular formula is C24H20F3N3OS. The molecule has 2 N–H and O–H groups in total.